The van der Waals surface area contributed by atoms with Gasteiger partial charge in [-0.15, -0.1) is 11.3 Å². The summed E-state index contributed by atoms with van der Waals surface area (Å²) in [6, 6.07) is 11.8. The highest BCUT2D eigenvalue weighted by molar-refractivity contribution is 7.09. The van der Waals surface area contributed by atoms with E-state index < -0.39 is 0 Å². The number of thiophene rings is 1. The Bertz CT molecular complexity index is 553. The van der Waals surface area contributed by atoms with Crippen molar-refractivity contribution in [3.05, 3.63) is 57.2 Å². The molecule has 1 amide bonds. The molecule has 0 saturated carbocycles. The predicted molar refractivity (Wildman–Crippen MR) is 85.2 cm³/mol. The van der Waals surface area contributed by atoms with Gasteiger partial charge in [-0.2, -0.15) is 0 Å². The Morgan fingerprint density at radius 1 is 1.25 bits per heavy atom. The molecule has 4 heteroatoms. The number of nitrogens with zero attached hydrogens (tertiary/aromatic N) is 1. The van der Waals surface area contributed by atoms with E-state index in [0.29, 0.717) is 19.5 Å². The summed E-state index contributed by atoms with van der Waals surface area (Å²) < 4.78 is 0. The fraction of sp³-hybridized carbons (Fsp3) is 0.312. The maximum Gasteiger partial charge on any atom is 0.223 e. The summed E-state index contributed by atoms with van der Waals surface area (Å²) in [6.07, 6.45) is 1.37. The van der Waals surface area contributed by atoms with Gasteiger partial charge in [-0.3, -0.25) is 4.79 Å². The smallest absolute Gasteiger partial charge is 0.223 e. The van der Waals surface area contributed by atoms with Crippen molar-refractivity contribution in [3.8, 4) is 0 Å². The first-order valence-corrected chi connectivity index (χ1v) is 8.00. The van der Waals surface area contributed by atoms with E-state index in [1.165, 1.54) is 4.88 Å². The molecule has 2 nitrogen and oxygen atoms in total. The summed E-state index contributed by atoms with van der Waals surface area (Å²) in [5.41, 5.74) is 1.00. The van der Waals surface area contributed by atoms with Gasteiger partial charge in [0.25, 0.3) is 0 Å². The van der Waals surface area contributed by atoms with Crippen molar-refractivity contribution in [3.63, 3.8) is 0 Å². The van der Waals surface area contributed by atoms with E-state index in [0.717, 1.165) is 17.0 Å². The zero-order valence-electron chi connectivity index (χ0n) is 11.5. The van der Waals surface area contributed by atoms with Gasteiger partial charge in [0.1, 0.15) is 0 Å². The van der Waals surface area contributed by atoms with Crippen molar-refractivity contribution < 1.29 is 4.79 Å². The summed E-state index contributed by atoms with van der Waals surface area (Å²) in [7, 11) is 0. The molecule has 0 aliphatic heterocycles. The van der Waals surface area contributed by atoms with E-state index in [9.17, 15) is 4.79 Å². The molecule has 106 valence electrons. The molecule has 2 aromatic rings. The minimum atomic E-state index is 0.181. The Morgan fingerprint density at radius 2 is 2.05 bits per heavy atom. The molecule has 0 N–H and O–H groups in total. The maximum absolute atomic E-state index is 12.3. The van der Waals surface area contributed by atoms with E-state index in [2.05, 4.69) is 6.07 Å². The fourth-order valence-electron chi connectivity index (χ4n) is 2.05. The van der Waals surface area contributed by atoms with Crippen LogP contribution in [0.4, 0.5) is 0 Å². The lowest BCUT2D eigenvalue weighted by molar-refractivity contribution is -0.131. The second kappa shape index (κ2) is 7.46. The van der Waals surface area contributed by atoms with Crippen LogP contribution in [-0.2, 0) is 17.8 Å². The van der Waals surface area contributed by atoms with Crippen molar-refractivity contribution in [1.29, 1.82) is 0 Å². The van der Waals surface area contributed by atoms with Gasteiger partial charge < -0.3 is 4.90 Å². The summed E-state index contributed by atoms with van der Waals surface area (Å²) in [6.45, 7) is 3.29. The summed E-state index contributed by atoms with van der Waals surface area (Å²) in [4.78, 5) is 15.4. The zero-order chi connectivity index (χ0) is 14.4. The number of hydrogen-bond donors (Lipinski definition) is 0. The van der Waals surface area contributed by atoms with Crippen LogP contribution in [0.5, 0.6) is 0 Å². The van der Waals surface area contributed by atoms with Crippen LogP contribution >= 0.6 is 22.9 Å². The maximum atomic E-state index is 12.3. The van der Waals surface area contributed by atoms with Crippen LogP contribution < -0.4 is 0 Å². The van der Waals surface area contributed by atoms with Crippen LogP contribution in [0.25, 0.3) is 0 Å². The number of rotatable bonds is 6. The van der Waals surface area contributed by atoms with Gasteiger partial charge in [0, 0.05) is 29.4 Å². The lowest BCUT2D eigenvalue weighted by Gasteiger charge is -2.21. The van der Waals surface area contributed by atoms with Crippen molar-refractivity contribution >= 4 is 28.8 Å². The topological polar surface area (TPSA) is 20.3 Å². The van der Waals surface area contributed by atoms with Gasteiger partial charge in [-0.1, -0.05) is 35.9 Å². The second-order valence-corrected chi connectivity index (χ2v) is 6.02. The summed E-state index contributed by atoms with van der Waals surface area (Å²) in [5, 5.41) is 2.76. The molecule has 0 radical (unpaired) electrons. The Kier molecular flexibility index (Phi) is 5.62. The Morgan fingerprint density at radius 3 is 2.70 bits per heavy atom. The minimum Gasteiger partial charge on any atom is -0.339 e. The van der Waals surface area contributed by atoms with Gasteiger partial charge in [-0.25, -0.2) is 0 Å². The van der Waals surface area contributed by atoms with Gasteiger partial charge in [0.05, 0.1) is 0 Å². The number of benzene rings is 1. The normalized spacial score (nSPS) is 10.5. The molecule has 0 unspecified atom stereocenters. The highest BCUT2D eigenvalue weighted by Gasteiger charge is 2.13. The van der Waals surface area contributed by atoms with E-state index in [1.807, 2.05) is 47.5 Å². The summed E-state index contributed by atoms with van der Waals surface area (Å²) in [5.74, 6) is 0.181. The number of halogens is 1. The SMILES string of the molecule is CCN(Cc1ccccc1Cl)C(=O)CCc1cccs1. The van der Waals surface area contributed by atoms with Crippen LogP contribution in [0.15, 0.2) is 41.8 Å². The Hall–Kier alpha value is -1.32. The van der Waals surface area contributed by atoms with Crippen molar-refractivity contribution in [2.24, 2.45) is 0 Å². The van der Waals surface area contributed by atoms with Gasteiger partial charge in [0.2, 0.25) is 5.91 Å². The molecule has 0 saturated heterocycles. The van der Waals surface area contributed by atoms with Gasteiger partial charge in [-0.05, 0) is 36.4 Å². The van der Waals surface area contributed by atoms with Crippen molar-refractivity contribution in [2.75, 3.05) is 6.54 Å². The molecule has 0 atom stereocenters. The summed E-state index contributed by atoms with van der Waals surface area (Å²) >= 11 is 7.85. The van der Waals surface area contributed by atoms with Crippen LogP contribution in [0, 0.1) is 0 Å². The van der Waals surface area contributed by atoms with Crippen LogP contribution in [0.3, 0.4) is 0 Å². The minimum absolute atomic E-state index is 0.181. The quantitative estimate of drug-likeness (QED) is 0.775. The molecule has 0 fully saturated rings. The molecule has 2 rings (SSSR count). The van der Waals surface area contributed by atoms with Crippen molar-refractivity contribution in [1.82, 2.24) is 4.90 Å². The third-order valence-electron chi connectivity index (χ3n) is 3.22. The Labute approximate surface area is 129 Å². The predicted octanol–water partition coefficient (Wildman–Crippen LogP) is 4.38. The van der Waals surface area contributed by atoms with Crippen LogP contribution in [0.1, 0.15) is 23.8 Å². The first-order valence-electron chi connectivity index (χ1n) is 6.74. The third kappa shape index (κ3) is 4.09. The molecule has 1 aromatic carbocycles. The monoisotopic (exact) mass is 307 g/mol. The number of carbonyl (C=O) groups excluding carboxylic acids is 1. The number of carbonyl (C=O) groups is 1. The molecular formula is C16H18ClNOS. The standard InChI is InChI=1S/C16H18ClNOS/c1-2-18(12-13-6-3-4-8-15(13)17)16(19)10-9-14-7-5-11-20-14/h3-8,11H,2,9-10,12H2,1H3. The van der Waals surface area contributed by atoms with E-state index in [1.54, 1.807) is 11.3 Å². The van der Waals surface area contributed by atoms with Crippen LogP contribution in [0.2, 0.25) is 5.02 Å². The Balaban J connectivity index is 1.94. The molecule has 1 aromatic heterocycles. The molecule has 0 aliphatic carbocycles. The van der Waals surface area contributed by atoms with E-state index in [4.69, 9.17) is 11.6 Å². The molecule has 20 heavy (non-hydrogen) atoms. The first kappa shape index (κ1) is 15.1. The van der Waals surface area contributed by atoms with Gasteiger partial charge in [0.15, 0.2) is 0 Å². The number of aryl methyl sites for hydroxylation is 1. The van der Waals surface area contributed by atoms with E-state index >= 15 is 0 Å². The third-order valence-corrected chi connectivity index (χ3v) is 4.52. The molecule has 0 aliphatic rings. The first-order chi connectivity index (χ1) is 9.70. The number of amides is 1. The number of hydrogen-bond acceptors (Lipinski definition) is 2. The van der Waals surface area contributed by atoms with Gasteiger partial charge >= 0.3 is 0 Å². The largest absolute Gasteiger partial charge is 0.339 e. The fourth-order valence-corrected chi connectivity index (χ4v) is 2.96. The van der Waals surface area contributed by atoms with Crippen molar-refractivity contribution in [2.45, 2.75) is 26.3 Å². The highest BCUT2D eigenvalue weighted by Crippen LogP contribution is 2.18. The lowest BCUT2D eigenvalue weighted by atomic mass is 10.2. The zero-order valence-corrected chi connectivity index (χ0v) is 13.1. The average molecular weight is 308 g/mol. The van der Waals surface area contributed by atoms with E-state index in [-0.39, 0.29) is 5.91 Å². The van der Waals surface area contributed by atoms with Crippen LogP contribution in [-0.4, -0.2) is 17.4 Å². The molecule has 0 bridgehead atoms. The lowest BCUT2D eigenvalue weighted by Crippen LogP contribution is -2.30. The average Bonchev–Trinajstić information content (AvgIpc) is 2.97. The molecule has 0 spiro atoms. The molecular weight excluding hydrogens is 290 g/mol. The molecule has 1 heterocycles. The second-order valence-electron chi connectivity index (χ2n) is 4.58. The highest BCUT2D eigenvalue weighted by atomic mass is 35.5.